The lowest BCUT2D eigenvalue weighted by Gasteiger charge is -2.32. The molecule has 3 nitrogen and oxygen atoms in total. The summed E-state index contributed by atoms with van der Waals surface area (Å²) >= 11 is 1.72. The first-order chi connectivity index (χ1) is 12.1. The largest absolute Gasteiger partial charge is 0.385 e. The normalized spacial score (nSPS) is 16.4. The molecule has 0 unspecified atom stereocenters. The minimum Gasteiger partial charge on any atom is -0.385 e. The fourth-order valence-corrected chi connectivity index (χ4v) is 3.93. The molecule has 2 aromatic carbocycles. The monoisotopic (exact) mass is 355 g/mol. The van der Waals surface area contributed by atoms with Gasteiger partial charge < -0.3 is 14.7 Å². The Morgan fingerprint density at radius 3 is 2.56 bits per heavy atom. The topological polar surface area (TPSA) is 32.7 Å². The number of anilines is 1. The van der Waals surface area contributed by atoms with Crippen LogP contribution < -0.4 is 4.90 Å². The van der Waals surface area contributed by atoms with Crippen LogP contribution in [0, 0.1) is 0 Å². The van der Waals surface area contributed by atoms with Crippen molar-refractivity contribution in [2.45, 2.75) is 28.2 Å². The summed E-state index contributed by atoms with van der Waals surface area (Å²) in [6.07, 6.45) is 3.21. The zero-order valence-corrected chi connectivity index (χ0v) is 15.5. The third-order valence-electron chi connectivity index (χ3n) is 4.61. The first kappa shape index (κ1) is 18.1. The first-order valence-electron chi connectivity index (χ1n) is 8.61. The minimum absolute atomic E-state index is 0.619. The van der Waals surface area contributed by atoms with Gasteiger partial charge in [0.05, 0.1) is 5.60 Å². The van der Waals surface area contributed by atoms with Gasteiger partial charge in [0.1, 0.15) is 0 Å². The summed E-state index contributed by atoms with van der Waals surface area (Å²) in [6.45, 7) is 5.85. The van der Waals surface area contributed by atoms with Gasteiger partial charge in [-0.2, -0.15) is 0 Å². The van der Waals surface area contributed by atoms with Crippen LogP contribution in [0.5, 0.6) is 0 Å². The molecule has 0 radical (unpaired) electrons. The second kappa shape index (κ2) is 8.09. The number of hydrogen-bond donors (Lipinski definition) is 1. The van der Waals surface area contributed by atoms with Crippen LogP contribution in [0.15, 0.2) is 71.0 Å². The highest BCUT2D eigenvalue weighted by Crippen LogP contribution is 2.36. The molecule has 0 aromatic heterocycles. The van der Waals surface area contributed by atoms with Crippen molar-refractivity contribution >= 4 is 17.4 Å². The van der Waals surface area contributed by atoms with Crippen molar-refractivity contribution in [3.8, 4) is 0 Å². The lowest BCUT2D eigenvalue weighted by atomic mass is 9.87. The summed E-state index contributed by atoms with van der Waals surface area (Å²) in [5, 5.41) is 10.9. The third kappa shape index (κ3) is 4.46. The smallest absolute Gasteiger partial charge is 0.0940 e. The van der Waals surface area contributed by atoms with E-state index in [-0.39, 0.29) is 0 Å². The number of rotatable bonds is 6. The lowest BCUT2D eigenvalue weighted by Crippen LogP contribution is -2.33. The van der Waals surface area contributed by atoms with Crippen molar-refractivity contribution in [2.75, 3.05) is 31.7 Å². The van der Waals surface area contributed by atoms with Crippen LogP contribution in [0.4, 0.5) is 5.69 Å². The maximum Gasteiger partial charge on any atom is 0.0940 e. The van der Waals surface area contributed by atoms with Gasteiger partial charge in [-0.15, -0.1) is 6.58 Å². The van der Waals surface area contributed by atoms with E-state index in [4.69, 9.17) is 4.74 Å². The van der Waals surface area contributed by atoms with E-state index in [1.54, 1.807) is 11.8 Å². The number of aliphatic hydroxyl groups is 1. The van der Waals surface area contributed by atoms with E-state index in [1.807, 2.05) is 18.2 Å². The van der Waals surface area contributed by atoms with Crippen molar-refractivity contribution in [1.29, 1.82) is 0 Å². The van der Waals surface area contributed by atoms with Gasteiger partial charge in [0.2, 0.25) is 0 Å². The van der Waals surface area contributed by atoms with Crippen molar-refractivity contribution in [3.05, 3.63) is 66.7 Å². The van der Waals surface area contributed by atoms with E-state index >= 15 is 0 Å². The molecule has 132 valence electrons. The van der Waals surface area contributed by atoms with Crippen LogP contribution in [0.1, 0.15) is 18.4 Å². The van der Waals surface area contributed by atoms with Crippen molar-refractivity contribution in [3.63, 3.8) is 0 Å². The number of nitrogens with zero attached hydrogens (tertiary/aromatic N) is 1. The Morgan fingerprint density at radius 2 is 1.88 bits per heavy atom. The van der Waals surface area contributed by atoms with Gasteiger partial charge in [-0.1, -0.05) is 30.0 Å². The Labute approximate surface area is 154 Å². The Hall–Kier alpha value is -1.75. The van der Waals surface area contributed by atoms with Gasteiger partial charge in [-0.05, 0) is 42.0 Å². The van der Waals surface area contributed by atoms with Gasteiger partial charge in [-0.25, -0.2) is 0 Å². The summed E-state index contributed by atoms with van der Waals surface area (Å²) in [7, 11) is 2.06. The van der Waals surface area contributed by atoms with Gasteiger partial charge in [-0.3, -0.25) is 0 Å². The average Bonchev–Trinajstić information content (AvgIpc) is 2.63. The molecule has 0 atom stereocenters. The second-order valence-electron chi connectivity index (χ2n) is 6.44. The quantitative estimate of drug-likeness (QED) is 0.776. The van der Waals surface area contributed by atoms with Crippen LogP contribution in [-0.2, 0) is 10.3 Å². The third-order valence-corrected chi connectivity index (χ3v) is 5.61. The van der Waals surface area contributed by atoms with Crippen LogP contribution in [0.2, 0.25) is 0 Å². The Bertz CT molecular complexity index is 708. The zero-order chi connectivity index (χ0) is 17.7. The molecule has 0 amide bonds. The van der Waals surface area contributed by atoms with E-state index in [9.17, 15) is 5.11 Å². The molecule has 1 heterocycles. The number of hydrogen-bond acceptors (Lipinski definition) is 4. The highest BCUT2D eigenvalue weighted by Gasteiger charge is 2.31. The molecule has 4 heteroatoms. The standard InChI is InChI=1S/C21H25NO2S/c1-3-13-22(2)18-7-9-19(10-8-18)25-20-6-4-5-17(16-20)21(23)11-14-24-15-12-21/h3-10,16,23H,1,11-15H2,2H3. The highest BCUT2D eigenvalue weighted by molar-refractivity contribution is 7.99. The maximum absolute atomic E-state index is 10.9. The average molecular weight is 356 g/mol. The van der Waals surface area contributed by atoms with E-state index in [0.29, 0.717) is 26.1 Å². The molecule has 1 saturated heterocycles. The summed E-state index contributed by atoms with van der Waals surface area (Å²) < 4.78 is 5.38. The van der Waals surface area contributed by atoms with E-state index < -0.39 is 5.60 Å². The summed E-state index contributed by atoms with van der Waals surface area (Å²) in [4.78, 5) is 4.49. The zero-order valence-electron chi connectivity index (χ0n) is 14.6. The van der Waals surface area contributed by atoms with Crippen molar-refractivity contribution in [1.82, 2.24) is 0 Å². The van der Waals surface area contributed by atoms with Crippen LogP contribution in [0.25, 0.3) is 0 Å². The van der Waals surface area contributed by atoms with Gasteiger partial charge in [0.25, 0.3) is 0 Å². The summed E-state index contributed by atoms with van der Waals surface area (Å²) in [5.74, 6) is 0. The molecule has 1 fully saturated rings. The molecule has 0 spiro atoms. The number of benzene rings is 2. The molecule has 1 aliphatic rings. The summed E-state index contributed by atoms with van der Waals surface area (Å²) in [6, 6.07) is 16.8. The maximum atomic E-state index is 10.9. The molecule has 3 rings (SSSR count). The number of ether oxygens (including phenoxy) is 1. The van der Waals surface area contributed by atoms with Gasteiger partial charge in [0.15, 0.2) is 0 Å². The molecule has 0 bridgehead atoms. The van der Waals surface area contributed by atoms with Crippen LogP contribution in [0.3, 0.4) is 0 Å². The summed E-state index contributed by atoms with van der Waals surface area (Å²) in [5.41, 5.74) is 1.41. The fraction of sp³-hybridized carbons (Fsp3) is 0.333. The Kier molecular flexibility index (Phi) is 5.84. The second-order valence-corrected chi connectivity index (χ2v) is 7.58. The fourth-order valence-electron chi connectivity index (χ4n) is 3.05. The van der Waals surface area contributed by atoms with Crippen molar-refractivity contribution < 1.29 is 9.84 Å². The Balaban J connectivity index is 1.73. The molecule has 0 saturated carbocycles. The predicted molar refractivity (Wildman–Crippen MR) is 104 cm³/mol. The van der Waals surface area contributed by atoms with Gasteiger partial charge >= 0.3 is 0 Å². The first-order valence-corrected chi connectivity index (χ1v) is 9.43. The minimum atomic E-state index is -0.758. The van der Waals surface area contributed by atoms with Crippen LogP contribution in [-0.4, -0.2) is 31.9 Å². The molecule has 0 aliphatic carbocycles. The lowest BCUT2D eigenvalue weighted by molar-refractivity contribution is -0.0680. The molecule has 2 aromatic rings. The molecule has 1 N–H and O–H groups in total. The van der Waals surface area contributed by atoms with E-state index in [2.05, 4.69) is 54.9 Å². The number of likely N-dealkylation sites (N-methyl/N-ethyl adjacent to an activating group) is 1. The molecular formula is C21H25NO2S. The molecule has 1 aliphatic heterocycles. The SMILES string of the molecule is C=CCN(C)c1ccc(Sc2cccc(C3(O)CCOCC3)c2)cc1. The van der Waals surface area contributed by atoms with Crippen LogP contribution >= 0.6 is 11.8 Å². The van der Waals surface area contributed by atoms with Crippen molar-refractivity contribution in [2.24, 2.45) is 0 Å². The molecular weight excluding hydrogens is 330 g/mol. The Morgan fingerprint density at radius 1 is 1.16 bits per heavy atom. The molecule has 25 heavy (non-hydrogen) atoms. The highest BCUT2D eigenvalue weighted by atomic mass is 32.2. The van der Waals surface area contributed by atoms with E-state index in [1.165, 1.54) is 10.6 Å². The van der Waals surface area contributed by atoms with E-state index in [0.717, 1.165) is 17.0 Å². The predicted octanol–water partition coefficient (Wildman–Crippen LogP) is 4.46. The van der Waals surface area contributed by atoms with Gasteiger partial charge in [0, 0.05) is 55.1 Å².